The lowest BCUT2D eigenvalue weighted by Crippen LogP contribution is -2.25. The molecule has 4 rings (SSSR count). The Bertz CT molecular complexity index is 987. The van der Waals surface area contributed by atoms with Gasteiger partial charge in [-0.2, -0.15) is 4.98 Å². The van der Waals surface area contributed by atoms with Gasteiger partial charge in [0.15, 0.2) is 5.82 Å². The monoisotopic (exact) mass is 369 g/mol. The highest BCUT2D eigenvalue weighted by Crippen LogP contribution is 2.32. The number of hydrogen-bond acceptors (Lipinski definition) is 6. The van der Waals surface area contributed by atoms with Gasteiger partial charge >= 0.3 is 0 Å². The Morgan fingerprint density at radius 3 is 1.82 bits per heavy atom. The second-order valence-corrected chi connectivity index (χ2v) is 5.97. The lowest BCUT2D eigenvalue weighted by molar-refractivity contribution is 0.464. The van der Waals surface area contributed by atoms with Gasteiger partial charge in [0.25, 0.3) is 0 Å². The van der Waals surface area contributed by atoms with E-state index in [1.54, 1.807) is 0 Å². The Balaban J connectivity index is 1.67. The smallest absolute Gasteiger partial charge is 0.248 e. The standard InChI is InChI=1S/C22H19N5O/c23-20-21(24-16-25-22(20)28-19-14-8-3-9-15-19)26-27(17-10-4-1-5-11-17)18-12-6-2-7-13-18/h1-16H,23H2,(H,24,25,26). The van der Waals surface area contributed by atoms with Gasteiger partial charge < -0.3 is 10.5 Å². The highest BCUT2D eigenvalue weighted by molar-refractivity contribution is 5.74. The number of aromatic nitrogens is 2. The zero-order valence-electron chi connectivity index (χ0n) is 15.1. The largest absolute Gasteiger partial charge is 0.437 e. The first-order valence-electron chi connectivity index (χ1n) is 8.81. The number of rotatable bonds is 6. The highest BCUT2D eigenvalue weighted by atomic mass is 16.5. The summed E-state index contributed by atoms with van der Waals surface area (Å²) in [5.41, 5.74) is 11.8. The number of ether oxygens (including phenoxy) is 1. The molecule has 4 aromatic rings. The molecule has 0 aliphatic carbocycles. The van der Waals surface area contributed by atoms with Crippen molar-refractivity contribution in [2.24, 2.45) is 0 Å². The van der Waals surface area contributed by atoms with Crippen molar-refractivity contribution in [1.29, 1.82) is 0 Å². The van der Waals surface area contributed by atoms with Crippen LogP contribution in [0.5, 0.6) is 11.6 Å². The van der Waals surface area contributed by atoms with Crippen LogP contribution in [0.15, 0.2) is 97.3 Å². The normalized spacial score (nSPS) is 10.3. The average Bonchev–Trinajstić information content (AvgIpc) is 2.76. The molecule has 0 fully saturated rings. The Morgan fingerprint density at radius 1 is 0.714 bits per heavy atom. The third-order valence-corrected chi connectivity index (χ3v) is 4.05. The Kier molecular flexibility index (Phi) is 5.02. The van der Waals surface area contributed by atoms with Crippen LogP contribution in [0, 0.1) is 0 Å². The van der Waals surface area contributed by atoms with Gasteiger partial charge in [0.1, 0.15) is 17.8 Å². The van der Waals surface area contributed by atoms with E-state index in [-0.39, 0.29) is 0 Å². The van der Waals surface area contributed by atoms with Crippen LogP contribution in [0.3, 0.4) is 0 Å². The van der Waals surface area contributed by atoms with E-state index in [4.69, 9.17) is 10.5 Å². The SMILES string of the molecule is Nc1c(NN(c2ccccc2)c2ccccc2)ncnc1Oc1ccccc1. The van der Waals surface area contributed by atoms with E-state index in [1.165, 1.54) is 6.33 Å². The third kappa shape index (κ3) is 3.86. The third-order valence-electron chi connectivity index (χ3n) is 4.05. The van der Waals surface area contributed by atoms with Crippen LogP contribution in [0.2, 0.25) is 0 Å². The Hall–Kier alpha value is -4.06. The molecule has 28 heavy (non-hydrogen) atoms. The van der Waals surface area contributed by atoms with Crippen LogP contribution in [0.4, 0.5) is 22.9 Å². The maximum atomic E-state index is 6.30. The minimum atomic E-state index is 0.296. The number of hydrazine groups is 1. The molecular formula is C22H19N5O. The molecule has 3 aromatic carbocycles. The Morgan fingerprint density at radius 2 is 1.25 bits per heavy atom. The summed E-state index contributed by atoms with van der Waals surface area (Å²) in [5, 5.41) is 1.91. The summed E-state index contributed by atoms with van der Waals surface area (Å²) in [6.45, 7) is 0. The Labute approximate surface area is 163 Å². The zero-order chi connectivity index (χ0) is 19.2. The number of hydrogen-bond donors (Lipinski definition) is 2. The first-order valence-corrected chi connectivity index (χ1v) is 8.81. The van der Waals surface area contributed by atoms with Crippen LogP contribution in [0.1, 0.15) is 0 Å². The number of nitrogens with two attached hydrogens (primary N) is 1. The maximum absolute atomic E-state index is 6.30. The molecule has 6 nitrogen and oxygen atoms in total. The molecule has 138 valence electrons. The van der Waals surface area contributed by atoms with Crippen molar-refractivity contribution in [3.8, 4) is 11.6 Å². The fourth-order valence-corrected chi connectivity index (χ4v) is 2.69. The van der Waals surface area contributed by atoms with Gasteiger partial charge in [0.2, 0.25) is 5.88 Å². The van der Waals surface area contributed by atoms with Gasteiger partial charge in [-0.05, 0) is 36.4 Å². The van der Waals surface area contributed by atoms with Crippen LogP contribution < -0.4 is 20.9 Å². The van der Waals surface area contributed by atoms with Crippen molar-refractivity contribution in [3.05, 3.63) is 97.3 Å². The summed E-state index contributed by atoms with van der Waals surface area (Å²) < 4.78 is 5.81. The second kappa shape index (κ2) is 8.09. The number of nitrogens with zero attached hydrogens (tertiary/aromatic N) is 3. The predicted molar refractivity (Wildman–Crippen MR) is 112 cm³/mol. The minimum Gasteiger partial charge on any atom is -0.437 e. The van der Waals surface area contributed by atoms with Crippen molar-refractivity contribution in [2.45, 2.75) is 0 Å². The molecule has 3 N–H and O–H groups in total. The van der Waals surface area contributed by atoms with Gasteiger partial charge in [-0.1, -0.05) is 54.6 Å². The summed E-state index contributed by atoms with van der Waals surface area (Å²) in [6, 6.07) is 29.2. The molecule has 1 aromatic heterocycles. The van der Waals surface area contributed by atoms with E-state index in [0.29, 0.717) is 23.1 Å². The summed E-state index contributed by atoms with van der Waals surface area (Å²) in [5.74, 6) is 1.40. The highest BCUT2D eigenvalue weighted by Gasteiger charge is 2.15. The van der Waals surface area contributed by atoms with Crippen LogP contribution >= 0.6 is 0 Å². The molecule has 0 aliphatic heterocycles. The minimum absolute atomic E-state index is 0.296. The molecule has 0 unspecified atom stereocenters. The van der Waals surface area contributed by atoms with E-state index < -0.39 is 0 Å². The first-order chi connectivity index (χ1) is 13.8. The molecular weight excluding hydrogens is 350 g/mol. The van der Waals surface area contributed by atoms with Crippen molar-refractivity contribution in [1.82, 2.24) is 9.97 Å². The van der Waals surface area contributed by atoms with Gasteiger partial charge in [0.05, 0.1) is 11.4 Å². The van der Waals surface area contributed by atoms with Crippen molar-refractivity contribution in [3.63, 3.8) is 0 Å². The number of anilines is 4. The van der Waals surface area contributed by atoms with Crippen molar-refractivity contribution < 1.29 is 4.74 Å². The average molecular weight is 369 g/mol. The van der Waals surface area contributed by atoms with Crippen LogP contribution in [0.25, 0.3) is 0 Å². The van der Waals surface area contributed by atoms with Gasteiger partial charge in [-0.15, -0.1) is 0 Å². The number of nitrogens with one attached hydrogen (secondary N) is 1. The van der Waals surface area contributed by atoms with Crippen LogP contribution in [-0.4, -0.2) is 9.97 Å². The quantitative estimate of drug-likeness (QED) is 0.465. The lowest BCUT2D eigenvalue weighted by atomic mass is 10.2. The molecule has 0 bridgehead atoms. The van der Waals surface area contributed by atoms with Crippen molar-refractivity contribution >= 4 is 22.9 Å². The second-order valence-electron chi connectivity index (χ2n) is 5.97. The molecule has 0 aliphatic rings. The molecule has 0 saturated carbocycles. The lowest BCUT2D eigenvalue weighted by Gasteiger charge is -2.26. The van der Waals surface area contributed by atoms with E-state index in [2.05, 4.69) is 15.4 Å². The van der Waals surface area contributed by atoms with E-state index in [9.17, 15) is 0 Å². The summed E-state index contributed by atoms with van der Waals surface area (Å²) >= 11 is 0. The predicted octanol–water partition coefficient (Wildman–Crippen LogP) is 5.02. The first kappa shape index (κ1) is 17.4. The molecule has 0 saturated heterocycles. The number of para-hydroxylation sites is 3. The number of benzene rings is 3. The molecule has 6 heteroatoms. The van der Waals surface area contributed by atoms with E-state index in [1.807, 2.05) is 96.0 Å². The molecule has 1 heterocycles. The van der Waals surface area contributed by atoms with Gasteiger partial charge in [-0.3, -0.25) is 10.4 Å². The molecule has 0 radical (unpaired) electrons. The number of nitrogen functional groups attached to an aromatic ring is 1. The van der Waals surface area contributed by atoms with Crippen molar-refractivity contribution in [2.75, 3.05) is 16.2 Å². The molecule has 0 atom stereocenters. The van der Waals surface area contributed by atoms with E-state index >= 15 is 0 Å². The summed E-state index contributed by atoms with van der Waals surface area (Å²) in [7, 11) is 0. The molecule has 0 amide bonds. The van der Waals surface area contributed by atoms with Gasteiger partial charge in [0, 0.05) is 0 Å². The summed E-state index contributed by atoms with van der Waals surface area (Å²) in [6.07, 6.45) is 1.42. The van der Waals surface area contributed by atoms with Gasteiger partial charge in [-0.25, -0.2) is 4.98 Å². The zero-order valence-corrected chi connectivity index (χ0v) is 15.1. The maximum Gasteiger partial charge on any atom is 0.248 e. The fourth-order valence-electron chi connectivity index (χ4n) is 2.69. The molecule has 0 spiro atoms. The summed E-state index contributed by atoms with van der Waals surface area (Å²) in [4.78, 5) is 8.47. The topological polar surface area (TPSA) is 76.3 Å². The fraction of sp³-hybridized carbons (Fsp3) is 0. The van der Waals surface area contributed by atoms with E-state index in [0.717, 1.165) is 11.4 Å². The van der Waals surface area contributed by atoms with Crippen LogP contribution in [-0.2, 0) is 0 Å².